The molecular weight excluding hydrogens is 212 g/mol. The number of rotatable bonds is 1. The summed E-state index contributed by atoms with van der Waals surface area (Å²) >= 11 is 0. The van der Waals surface area contributed by atoms with Crippen LogP contribution in [0.1, 0.15) is 26.3 Å². The van der Waals surface area contributed by atoms with Crippen LogP contribution in [0.25, 0.3) is 4.85 Å². The fourth-order valence-corrected chi connectivity index (χ4v) is 1.65. The Hall–Kier alpha value is -1.82. The molecule has 0 aromatic heterocycles. The molecule has 0 aliphatic carbocycles. The summed E-state index contributed by atoms with van der Waals surface area (Å²) in [7, 11) is 0. The fourth-order valence-electron chi connectivity index (χ4n) is 1.65. The number of hydrogen-bond donors (Lipinski definition) is 0. The van der Waals surface area contributed by atoms with Crippen LogP contribution in [0, 0.1) is 12.0 Å². The van der Waals surface area contributed by atoms with Crippen LogP contribution in [0.5, 0.6) is 0 Å². The van der Waals surface area contributed by atoms with Crippen molar-refractivity contribution in [1.82, 2.24) is 0 Å². The molecule has 17 heavy (non-hydrogen) atoms. The zero-order valence-electron chi connectivity index (χ0n) is 10.4. The lowest BCUT2D eigenvalue weighted by Crippen LogP contribution is -2.25. The van der Waals surface area contributed by atoms with Gasteiger partial charge in [-0.25, -0.2) is 9.84 Å². The smallest absolute Gasteiger partial charge is 0.216 e. The summed E-state index contributed by atoms with van der Waals surface area (Å²) in [5.41, 5.74) is 1.71. The van der Waals surface area contributed by atoms with E-state index >= 15 is 0 Å². The Kier molecular flexibility index (Phi) is 2.89. The van der Waals surface area contributed by atoms with Crippen molar-refractivity contribution in [2.75, 3.05) is 6.61 Å². The molecule has 0 bridgehead atoms. The molecule has 3 nitrogen and oxygen atoms in total. The Labute approximate surface area is 102 Å². The minimum absolute atomic E-state index is 0.123. The number of hydrogen-bond acceptors (Lipinski definition) is 2. The average molecular weight is 228 g/mol. The molecule has 1 aliphatic rings. The highest BCUT2D eigenvalue weighted by molar-refractivity contribution is 5.95. The molecule has 3 heteroatoms. The van der Waals surface area contributed by atoms with Crippen molar-refractivity contribution in [3.8, 4) is 0 Å². The van der Waals surface area contributed by atoms with E-state index < -0.39 is 0 Å². The van der Waals surface area contributed by atoms with Crippen molar-refractivity contribution >= 4 is 11.6 Å². The molecule has 0 amide bonds. The van der Waals surface area contributed by atoms with Crippen LogP contribution in [0.2, 0.25) is 0 Å². The lowest BCUT2D eigenvalue weighted by Gasteiger charge is -2.21. The van der Waals surface area contributed by atoms with E-state index in [4.69, 9.17) is 11.3 Å². The average Bonchev–Trinajstić information content (AvgIpc) is 2.78. The molecule has 0 radical (unpaired) electrons. The minimum atomic E-state index is 0.123. The van der Waals surface area contributed by atoms with E-state index in [0.717, 1.165) is 5.56 Å². The van der Waals surface area contributed by atoms with Crippen LogP contribution < -0.4 is 0 Å². The lowest BCUT2D eigenvalue weighted by atomic mass is 9.88. The monoisotopic (exact) mass is 228 g/mol. The summed E-state index contributed by atoms with van der Waals surface area (Å²) in [5.74, 6) is 0.696. The zero-order valence-corrected chi connectivity index (χ0v) is 10.4. The van der Waals surface area contributed by atoms with Gasteiger partial charge in [-0.1, -0.05) is 45.0 Å². The van der Waals surface area contributed by atoms with Gasteiger partial charge in [-0.2, -0.15) is 0 Å². The second-order valence-electron chi connectivity index (χ2n) is 5.29. The van der Waals surface area contributed by atoms with Crippen LogP contribution in [-0.4, -0.2) is 18.5 Å². The Balaban J connectivity index is 2.22. The third-order valence-corrected chi connectivity index (χ3v) is 2.89. The quantitative estimate of drug-likeness (QED) is 0.676. The first-order valence-electron chi connectivity index (χ1n) is 5.69. The number of aliphatic imine (C=N–C) groups is 1. The molecule has 1 aliphatic heterocycles. The van der Waals surface area contributed by atoms with Crippen molar-refractivity contribution < 1.29 is 4.74 Å². The van der Waals surface area contributed by atoms with Gasteiger partial charge in [0.25, 0.3) is 0 Å². The Morgan fingerprint density at radius 2 is 1.94 bits per heavy atom. The highest BCUT2D eigenvalue weighted by Crippen LogP contribution is 2.27. The first kappa shape index (κ1) is 11.7. The summed E-state index contributed by atoms with van der Waals surface area (Å²) in [6.45, 7) is 14.0. The largest absolute Gasteiger partial charge is 0.475 e. The van der Waals surface area contributed by atoms with Gasteiger partial charge in [0.1, 0.15) is 6.61 Å². The summed E-state index contributed by atoms with van der Waals surface area (Å²) in [6.07, 6.45) is 0. The van der Waals surface area contributed by atoms with Gasteiger partial charge in [-0.3, -0.25) is 0 Å². The molecular formula is C14H16N2O. The molecule has 0 saturated heterocycles. The Morgan fingerprint density at radius 1 is 1.29 bits per heavy atom. The molecule has 0 N–H and O–H groups in total. The highest BCUT2D eigenvalue weighted by atomic mass is 16.5. The van der Waals surface area contributed by atoms with Crippen LogP contribution in [0.4, 0.5) is 5.69 Å². The number of nitrogens with zero attached hydrogens (tertiary/aromatic N) is 2. The van der Waals surface area contributed by atoms with Crippen molar-refractivity contribution in [3.63, 3.8) is 0 Å². The van der Waals surface area contributed by atoms with Gasteiger partial charge in [0.15, 0.2) is 5.69 Å². The predicted molar refractivity (Wildman–Crippen MR) is 68.4 cm³/mol. The van der Waals surface area contributed by atoms with E-state index in [2.05, 4.69) is 30.6 Å². The molecule has 0 fully saturated rings. The van der Waals surface area contributed by atoms with E-state index in [1.165, 1.54) is 0 Å². The third-order valence-electron chi connectivity index (χ3n) is 2.89. The van der Waals surface area contributed by atoms with Gasteiger partial charge in [-0.15, -0.1) is 0 Å². The van der Waals surface area contributed by atoms with Crippen molar-refractivity contribution in [1.29, 1.82) is 0 Å². The second kappa shape index (κ2) is 4.21. The topological polar surface area (TPSA) is 25.9 Å². The Bertz CT molecular complexity index is 474. The molecule has 0 unspecified atom stereocenters. The maximum absolute atomic E-state index is 6.90. The standard InChI is InChI=1S/C14H16N2O/c1-14(2,3)12-9-17-13(16-12)10-5-7-11(15-4)8-6-10/h5-8,12H,9H2,1-3H3/t12-/m1/s1. The molecule has 1 atom stereocenters. The number of benzene rings is 1. The first-order chi connectivity index (χ1) is 8.00. The second-order valence-corrected chi connectivity index (χ2v) is 5.29. The molecule has 1 aromatic carbocycles. The van der Waals surface area contributed by atoms with Crippen LogP contribution in [0.3, 0.4) is 0 Å². The molecule has 1 heterocycles. The molecule has 2 rings (SSSR count). The Morgan fingerprint density at radius 3 is 2.41 bits per heavy atom. The maximum atomic E-state index is 6.90. The number of ether oxygens (including phenoxy) is 1. The van der Waals surface area contributed by atoms with Gasteiger partial charge in [-0.05, 0) is 5.41 Å². The van der Waals surface area contributed by atoms with Crippen LogP contribution >= 0.6 is 0 Å². The molecule has 88 valence electrons. The highest BCUT2D eigenvalue weighted by Gasteiger charge is 2.30. The summed E-state index contributed by atoms with van der Waals surface area (Å²) in [4.78, 5) is 7.96. The van der Waals surface area contributed by atoms with Crippen molar-refractivity contribution in [2.24, 2.45) is 10.4 Å². The van der Waals surface area contributed by atoms with Crippen molar-refractivity contribution in [3.05, 3.63) is 41.2 Å². The fraction of sp³-hybridized carbons (Fsp3) is 0.429. The van der Waals surface area contributed by atoms with Gasteiger partial charge in [0, 0.05) is 5.56 Å². The molecule has 1 aromatic rings. The first-order valence-corrected chi connectivity index (χ1v) is 5.69. The van der Waals surface area contributed by atoms with Gasteiger partial charge in [0.2, 0.25) is 5.90 Å². The summed E-state index contributed by atoms with van der Waals surface area (Å²) in [6, 6.07) is 7.56. The molecule has 0 saturated carbocycles. The van der Waals surface area contributed by atoms with Crippen molar-refractivity contribution in [2.45, 2.75) is 26.8 Å². The van der Waals surface area contributed by atoms with E-state index in [-0.39, 0.29) is 11.5 Å². The van der Waals surface area contributed by atoms with Crippen LogP contribution in [0.15, 0.2) is 29.3 Å². The normalized spacial score (nSPS) is 19.4. The van der Waals surface area contributed by atoms with Gasteiger partial charge < -0.3 is 4.74 Å². The van der Waals surface area contributed by atoms with Gasteiger partial charge in [0.05, 0.1) is 12.6 Å². The maximum Gasteiger partial charge on any atom is 0.216 e. The molecule has 0 spiro atoms. The zero-order chi connectivity index (χ0) is 12.5. The van der Waals surface area contributed by atoms with E-state index in [9.17, 15) is 0 Å². The van der Waals surface area contributed by atoms with Gasteiger partial charge >= 0.3 is 0 Å². The lowest BCUT2D eigenvalue weighted by molar-refractivity contribution is 0.236. The minimum Gasteiger partial charge on any atom is -0.475 e. The summed E-state index contributed by atoms with van der Waals surface area (Å²) in [5, 5.41) is 0. The van der Waals surface area contributed by atoms with E-state index in [1.54, 1.807) is 12.1 Å². The SMILES string of the molecule is [C-]#[N+]c1ccc(C2=N[C@@H](C(C)(C)C)CO2)cc1. The van der Waals surface area contributed by atoms with E-state index in [1.807, 2.05) is 12.1 Å². The summed E-state index contributed by atoms with van der Waals surface area (Å²) < 4.78 is 5.62. The third kappa shape index (κ3) is 2.47. The predicted octanol–water partition coefficient (Wildman–Crippen LogP) is 3.43. The van der Waals surface area contributed by atoms with E-state index in [0.29, 0.717) is 18.2 Å². The van der Waals surface area contributed by atoms with Crippen LogP contribution in [-0.2, 0) is 4.74 Å².